The Bertz CT molecular complexity index is 626. The van der Waals surface area contributed by atoms with Gasteiger partial charge in [-0.2, -0.15) is 5.10 Å². The number of nitrogens with one attached hydrogen (secondary N) is 2. The van der Waals surface area contributed by atoms with Gasteiger partial charge in [-0.1, -0.05) is 0 Å². The topological polar surface area (TPSA) is 71.8 Å². The van der Waals surface area contributed by atoms with Gasteiger partial charge in [-0.3, -0.25) is 9.48 Å². The predicted molar refractivity (Wildman–Crippen MR) is 77.8 cm³/mol. The van der Waals surface area contributed by atoms with Crippen LogP contribution in [0.3, 0.4) is 0 Å². The second-order valence-electron chi connectivity index (χ2n) is 5.00. The molecule has 20 heavy (non-hydrogen) atoms. The maximum atomic E-state index is 12.3. The van der Waals surface area contributed by atoms with Crippen LogP contribution in [0, 0.1) is 6.92 Å². The Morgan fingerprint density at radius 1 is 1.60 bits per heavy atom. The smallest absolute Gasteiger partial charge is 0.263 e. The molecule has 0 aromatic carbocycles. The summed E-state index contributed by atoms with van der Waals surface area (Å²) in [6.07, 6.45) is 4.65. The first-order valence-electron chi connectivity index (χ1n) is 6.61. The third-order valence-electron chi connectivity index (χ3n) is 3.35. The quantitative estimate of drug-likeness (QED) is 0.883. The zero-order valence-corrected chi connectivity index (χ0v) is 12.3. The molecule has 3 rings (SSSR count). The summed E-state index contributed by atoms with van der Waals surface area (Å²) in [6.45, 7) is 3.69. The summed E-state index contributed by atoms with van der Waals surface area (Å²) in [7, 11) is 1.87. The van der Waals surface area contributed by atoms with Gasteiger partial charge in [0.2, 0.25) is 0 Å². The highest BCUT2D eigenvalue weighted by Crippen LogP contribution is 2.27. The number of rotatable bonds is 3. The molecule has 1 atom stereocenters. The number of thiazole rings is 1. The van der Waals surface area contributed by atoms with E-state index in [9.17, 15) is 4.79 Å². The van der Waals surface area contributed by atoms with Crippen LogP contribution in [0.5, 0.6) is 0 Å². The SMILES string of the molecule is Cc1nc(-c2cnn(C)c2)sc1C(=O)NC1CCNC1. The first-order chi connectivity index (χ1) is 9.63. The van der Waals surface area contributed by atoms with Gasteiger partial charge in [-0.15, -0.1) is 11.3 Å². The molecule has 0 bridgehead atoms. The van der Waals surface area contributed by atoms with E-state index in [1.54, 1.807) is 10.9 Å². The van der Waals surface area contributed by atoms with Gasteiger partial charge in [0.15, 0.2) is 0 Å². The zero-order chi connectivity index (χ0) is 14.1. The normalized spacial score (nSPS) is 18.4. The summed E-state index contributed by atoms with van der Waals surface area (Å²) in [5, 5.41) is 11.3. The van der Waals surface area contributed by atoms with Crippen molar-refractivity contribution in [3.8, 4) is 10.6 Å². The summed E-state index contributed by atoms with van der Waals surface area (Å²) < 4.78 is 1.73. The van der Waals surface area contributed by atoms with Crippen LogP contribution in [0.2, 0.25) is 0 Å². The van der Waals surface area contributed by atoms with Crippen molar-refractivity contribution in [2.75, 3.05) is 13.1 Å². The first kappa shape index (κ1) is 13.3. The largest absolute Gasteiger partial charge is 0.347 e. The third kappa shape index (κ3) is 2.59. The van der Waals surface area contributed by atoms with Crippen molar-refractivity contribution >= 4 is 17.2 Å². The Kier molecular flexibility index (Phi) is 3.54. The fourth-order valence-electron chi connectivity index (χ4n) is 2.29. The molecule has 2 N–H and O–H groups in total. The van der Waals surface area contributed by atoms with E-state index >= 15 is 0 Å². The minimum absolute atomic E-state index is 0.0242. The van der Waals surface area contributed by atoms with E-state index in [-0.39, 0.29) is 11.9 Å². The fourth-order valence-corrected chi connectivity index (χ4v) is 3.24. The third-order valence-corrected chi connectivity index (χ3v) is 4.56. The molecule has 1 amide bonds. The van der Waals surface area contributed by atoms with Crippen LogP contribution >= 0.6 is 11.3 Å². The van der Waals surface area contributed by atoms with Crippen LogP contribution in [0.25, 0.3) is 10.6 Å². The summed E-state index contributed by atoms with van der Waals surface area (Å²) in [6, 6.07) is 0.228. The molecule has 2 aromatic heterocycles. The molecular weight excluding hydrogens is 274 g/mol. The first-order valence-corrected chi connectivity index (χ1v) is 7.43. The summed E-state index contributed by atoms with van der Waals surface area (Å²) >= 11 is 1.42. The van der Waals surface area contributed by atoms with E-state index in [1.165, 1.54) is 11.3 Å². The highest BCUT2D eigenvalue weighted by molar-refractivity contribution is 7.17. The maximum absolute atomic E-state index is 12.3. The second kappa shape index (κ2) is 5.34. The predicted octanol–water partition coefficient (Wildman–Crippen LogP) is 0.944. The number of nitrogens with zero attached hydrogens (tertiary/aromatic N) is 3. The maximum Gasteiger partial charge on any atom is 0.263 e. The van der Waals surface area contributed by atoms with Crippen molar-refractivity contribution in [3.05, 3.63) is 23.0 Å². The van der Waals surface area contributed by atoms with Gasteiger partial charge in [-0.05, 0) is 19.9 Å². The van der Waals surface area contributed by atoms with Gasteiger partial charge in [0, 0.05) is 31.4 Å². The molecule has 0 aliphatic carbocycles. The van der Waals surface area contributed by atoms with Crippen molar-refractivity contribution in [3.63, 3.8) is 0 Å². The molecule has 1 aliphatic heterocycles. The Labute approximate surface area is 121 Å². The lowest BCUT2D eigenvalue weighted by Gasteiger charge is -2.09. The van der Waals surface area contributed by atoms with Crippen LogP contribution in [0.15, 0.2) is 12.4 Å². The standard InChI is InChI=1S/C13H17N5OS/c1-8-11(12(19)17-10-3-4-14-6-10)20-13(16-8)9-5-15-18(2)7-9/h5,7,10,14H,3-4,6H2,1-2H3,(H,17,19). The zero-order valence-electron chi connectivity index (χ0n) is 11.5. The van der Waals surface area contributed by atoms with E-state index in [0.29, 0.717) is 4.88 Å². The van der Waals surface area contributed by atoms with Crippen molar-refractivity contribution in [1.29, 1.82) is 0 Å². The van der Waals surface area contributed by atoms with Crippen molar-refractivity contribution in [2.45, 2.75) is 19.4 Å². The fraction of sp³-hybridized carbons (Fsp3) is 0.462. The number of aryl methyl sites for hydroxylation is 2. The molecular formula is C13H17N5OS. The van der Waals surface area contributed by atoms with Gasteiger partial charge in [0.1, 0.15) is 9.88 Å². The second-order valence-corrected chi connectivity index (χ2v) is 6.00. The highest BCUT2D eigenvalue weighted by atomic mass is 32.1. The monoisotopic (exact) mass is 291 g/mol. The minimum atomic E-state index is -0.0242. The van der Waals surface area contributed by atoms with E-state index in [2.05, 4.69) is 20.7 Å². The van der Waals surface area contributed by atoms with Gasteiger partial charge < -0.3 is 10.6 Å². The van der Waals surface area contributed by atoms with E-state index < -0.39 is 0 Å². The lowest BCUT2D eigenvalue weighted by molar-refractivity contribution is 0.0943. The van der Waals surface area contributed by atoms with Crippen LogP contribution in [0.1, 0.15) is 21.8 Å². The molecule has 0 radical (unpaired) electrons. The summed E-state index contributed by atoms with van der Waals surface area (Å²) in [5.41, 5.74) is 1.72. The Morgan fingerprint density at radius 2 is 2.45 bits per heavy atom. The van der Waals surface area contributed by atoms with E-state index in [1.807, 2.05) is 20.2 Å². The number of amides is 1. The average Bonchev–Trinajstić information content (AvgIpc) is 3.10. The van der Waals surface area contributed by atoms with Gasteiger partial charge in [0.25, 0.3) is 5.91 Å². The molecule has 1 saturated heterocycles. The number of carbonyl (C=O) groups is 1. The molecule has 1 unspecified atom stereocenters. The van der Waals surface area contributed by atoms with Crippen LogP contribution in [-0.4, -0.2) is 39.8 Å². The molecule has 1 fully saturated rings. The van der Waals surface area contributed by atoms with Crippen molar-refractivity contribution in [1.82, 2.24) is 25.4 Å². The molecule has 0 saturated carbocycles. The number of hydrogen-bond donors (Lipinski definition) is 2. The van der Waals surface area contributed by atoms with E-state index in [0.717, 1.165) is 35.8 Å². The van der Waals surface area contributed by atoms with Crippen LogP contribution in [-0.2, 0) is 7.05 Å². The van der Waals surface area contributed by atoms with Crippen molar-refractivity contribution in [2.24, 2.45) is 7.05 Å². The average molecular weight is 291 g/mol. The lowest BCUT2D eigenvalue weighted by atomic mass is 10.2. The van der Waals surface area contributed by atoms with E-state index in [4.69, 9.17) is 0 Å². The molecule has 106 valence electrons. The molecule has 2 aromatic rings. The molecule has 3 heterocycles. The highest BCUT2D eigenvalue weighted by Gasteiger charge is 2.21. The van der Waals surface area contributed by atoms with Crippen LogP contribution in [0.4, 0.5) is 0 Å². The number of aromatic nitrogens is 3. The van der Waals surface area contributed by atoms with Gasteiger partial charge >= 0.3 is 0 Å². The number of carbonyl (C=O) groups excluding carboxylic acids is 1. The Hall–Kier alpha value is -1.73. The van der Waals surface area contributed by atoms with Gasteiger partial charge in [0.05, 0.1) is 11.9 Å². The lowest BCUT2D eigenvalue weighted by Crippen LogP contribution is -2.36. The van der Waals surface area contributed by atoms with Crippen molar-refractivity contribution < 1.29 is 4.79 Å². The minimum Gasteiger partial charge on any atom is -0.347 e. The van der Waals surface area contributed by atoms with Gasteiger partial charge in [-0.25, -0.2) is 4.98 Å². The molecule has 0 spiro atoms. The summed E-state index contributed by atoms with van der Waals surface area (Å²) in [5.74, 6) is -0.0242. The molecule has 1 aliphatic rings. The number of hydrogen-bond acceptors (Lipinski definition) is 5. The molecule has 7 heteroatoms. The Balaban J connectivity index is 1.79. The summed E-state index contributed by atoms with van der Waals surface area (Å²) in [4.78, 5) is 17.5. The molecule has 6 nitrogen and oxygen atoms in total. The Morgan fingerprint density at radius 3 is 3.10 bits per heavy atom. The van der Waals surface area contributed by atoms with Crippen LogP contribution < -0.4 is 10.6 Å².